The summed E-state index contributed by atoms with van der Waals surface area (Å²) < 4.78 is 7.45. The largest absolute Gasteiger partial charge is 0.456 e. The van der Waals surface area contributed by atoms with Gasteiger partial charge in [0.2, 0.25) is 5.95 Å². The van der Waals surface area contributed by atoms with Gasteiger partial charge in [-0.2, -0.15) is 5.10 Å². The van der Waals surface area contributed by atoms with Crippen LogP contribution in [0, 0.1) is 0 Å². The Balaban J connectivity index is 1.72. The number of ether oxygens (including phenoxy) is 1. The molecule has 0 saturated carbocycles. The number of fused-ring (bicyclic) bond motifs is 1. The second-order valence-electron chi connectivity index (χ2n) is 4.87. The Morgan fingerprint density at radius 2 is 1.91 bits per heavy atom. The number of H-pyrrole nitrogens is 1. The molecule has 4 rings (SSSR count). The van der Waals surface area contributed by atoms with Gasteiger partial charge < -0.3 is 9.72 Å². The third-order valence-electron chi connectivity index (χ3n) is 3.29. The number of hydrogen-bond acceptors (Lipinski definition) is 3. The second kappa shape index (κ2) is 5.61. The van der Waals surface area contributed by atoms with Gasteiger partial charge in [0, 0.05) is 23.5 Å². The van der Waals surface area contributed by atoms with E-state index in [2.05, 4.69) is 15.1 Å². The Kier molecular flexibility index (Phi) is 3.44. The maximum Gasteiger partial charge on any atom is 0.229 e. The van der Waals surface area contributed by atoms with Crippen molar-refractivity contribution in [1.82, 2.24) is 19.7 Å². The monoisotopic (exact) mass is 344 g/mol. The summed E-state index contributed by atoms with van der Waals surface area (Å²) in [6.45, 7) is 0. The van der Waals surface area contributed by atoms with E-state index in [-0.39, 0.29) is 0 Å². The summed E-state index contributed by atoms with van der Waals surface area (Å²) in [4.78, 5) is 7.67. The predicted octanol–water partition coefficient (Wildman–Crippen LogP) is 4.85. The highest BCUT2D eigenvalue weighted by Crippen LogP contribution is 2.33. The fraction of sp³-hybridized carbons (Fsp3) is 0. The molecule has 23 heavy (non-hydrogen) atoms. The molecule has 0 bridgehead atoms. The van der Waals surface area contributed by atoms with E-state index in [0.717, 1.165) is 11.0 Å². The summed E-state index contributed by atoms with van der Waals surface area (Å²) in [7, 11) is 0. The van der Waals surface area contributed by atoms with E-state index in [1.165, 1.54) is 0 Å². The summed E-state index contributed by atoms with van der Waals surface area (Å²) >= 11 is 12.2. The molecule has 0 aliphatic rings. The molecule has 0 fully saturated rings. The van der Waals surface area contributed by atoms with E-state index >= 15 is 0 Å². The van der Waals surface area contributed by atoms with Crippen LogP contribution in [0.4, 0.5) is 0 Å². The number of nitrogens with zero attached hydrogens (tertiary/aromatic N) is 3. The van der Waals surface area contributed by atoms with Gasteiger partial charge in [0.1, 0.15) is 11.5 Å². The average molecular weight is 345 g/mol. The molecule has 4 aromatic rings. The van der Waals surface area contributed by atoms with Crippen molar-refractivity contribution < 1.29 is 4.74 Å². The third kappa shape index (κ3) is 2.76. The van der Waals surface area contributed by atoms with Crippen LogP contribution >= 0.6 is 23.2 Å². The number of benzene rings is 2. The molecule has 0 unspecified atom stereocenters. The smallest absolute Gasteiger partial charge is 0.229 e. The highest BCUT2D eigenvalue weighted by atomic mass is 35.5. The lowest BCUT2D eigenvalue weighted by Crippen LogP contribution is -1.95. The van der Waals surface area contributed by atoms with E-state index in [9.17, 15) is 0 Å². The van der Waals surface area contributed by atoms with Gasteiger partial charge in [-0.05, 0) is 36.4 Å². The van der Waals surface area contributed by atoms with Crippen LogP contribution in [0.15, 0.2) is 54.9 Å². The number of aromatic amines is 1. The van der Waals surface area contributed by atoms with Crippen molar-refractivity contribution in [2.45, 2.75) is 0 Å². The minimum absolute atomic E-state index is 0.489. The molecule has 2 aromatic heterocycles. The van der Waals surface area contributed by atoms with Crippen LogP contribution in [-0.4, -0.2) is 19.7 Å². The molecule has 2 aromatic carbocycles. The van der Waals surface area contributed by atoms with Crippen LogP contribution in [0.3, 0.4) is 0 Å². The summed E-state index contributed by atoms with van der Waals surface area (Å²) in [6.07, 6.45) is 3.50. The van der Waals surface area contributed by atoms with Crippen LogP contribution in [-0.2, 0) is 0 Å². The summed E-state index contributed by atoms with van der Waals surface area (Å²) in [5, 5.41) is 5.29. The Labute approximate surface area is 141 Å². The highest BCUT2D eigenvalue weighted by molar-refractivity contribution is 6.32. The van der Waals surface area contributed by atoms with Crippen molar-refractivity contribution in [3.8, 4) is 17.4 Å². The molecule has 0 spiro atoms. The lowest BCUT2D eigenvalue weighted by Gasteiger charge is -2.07. The topological polar surface area (TPSA) is 55.7 Å². The normalized spacial score (nSPS) is 11.0. The van der Waals surface area contributed by atoms with Crippen LogP contribution < -0.4 is 4.74 Å². The lowest BCUT2D eigenvalue weighted by molar-refractivity contribution is 0.483. The van der Waals surface area contributed by atoms with E-state index in [4.69, 9.17) is 27.9 Å². The summed E-state index contributed by atoms with van der Waals surface area (Å²) in [5.74, 6) is 1.79. The van der Waals surface area contributed by atoms with Gasteiger partial charge >= 0.3 is 0 Å². The summed E-state index contributed by atoms with van der Waals surface area (Å²) in [6, 6.07) is 12.5. The highest BCUT2D eigenvalue weighted by Gasteiger charge is 2.11. The molecule has 0 aliphatic heterocycles. The fourth-order valence-corrected chi connectivity index (χ4v) is 2.54. The van der Waals surface area contributed by atoms with E-state index in [1.54, 1.807) is 47.3 Å². The molecular weight excluding hydrogens is 335 g/mol. The molecule has 0 aliphatic carbocycles. The minimum Gasteiger partial charge on any atom is -0.456 e. The Hall–Kier alpha value is -2.50. The molecule has 0 atom stereocenters. The number of halogens is 2. The first-order valence-electron chi connectivity index (χ1n) is 6.82. The van der Waals surface area contributed by atoms with Crippen molar-refractivity contribution >= 4 is 34.2 Å². The lowest BCUT2D eigenvalue weighted by atomic mass is 10.3. The maximum absolute atomic E-state index is 6.30. The van der Waals surface area contributed by atoms with Crippen molar-refractivity contribution in [3.63, 3.8) is 0 Å². The zero-order chi connectivity index (χ0) is 15.8. The SMILES string of the molecule is Clc1ccc(Oc2cc3nc(-n4cccn4)[nH]c3cc2Cl)cc1. The first kappa shape index (κ1) is 14.1. The Morgan fingerprint density at radius 1 is 1.09 bits per heavy atom. The first-order chi connectivity index (χ1) is 11.2. The van der Waals surface area contributed by atoms with Crippen LogP contribution in [0.25, 0.3) is 17.0 Å². The van der Waals surface area contributed by atoms with E-state index < -0.39 is 0 Å². The molecule has 5 nitrogen and oxygen atoms in total. The maximum atomic E-state index is 6.30. The molecule has 114 valence electrons. The quantitative estimate of drug-likeness (QED) is 0.578. The van der Waals surface area contributed by atoms with Gasteiger partial charge in [-0.1, -0.05) is 23.2 Å². The van der Waals surface area contributed by atoms with Crippen LogP contribution in [0.2, 0.25) is 10.0 Å². The zero-order valence-electron chi connectivity index (χ0n) is 11.7. The number of nitrogens with one attached hydrogen (secondary N) is 1. The Bertz CT molecular complexity index is 962. The van der Waals surface area contributed by atoms with Gasteiger partial charge in [-0.25, -0.2) is 9.67 Å². The molecular formula is C16H10Cl2N4O. The van der Waals surface area contributed by atoms with E-state index in [0.29, 0.717) is 27.5 Å². The standard InChI is InChI=1S/C16H10Cl2N4O/c17-10-2-4-11(5-3-10)23-15-9-14-13(8-12(15)18)20-16(21-14)22-7-1-6-19-22/h1-9H,(H,20,21). The average Bonchev–Trinajstić information content (AvgIpc) is 3.18. The number of hydrogen-bond donors (Lipinski definition) is 1. The number of rotatable bonds is 3. The Morgan fingerprint density at radius 3 is 2.65 bits per heavy atom. The molecule has 0 saturated heterocycles. The van der Waals surface area contributed by atoms with Gasteiger partial charge in [-0.15, -0.1) is 0 Å². The van der Waals surface area contributed by atoms with Crippen LogP contribution in [0.1, 0.15) is 0 Å². The van der Waals surface area contributed by atoms with Crippen molar-refractivity contribution in [2.75, 3.05) is 0 Å². The zero-order valence-corrected chi connectivity index (χ0v) is 13.2. The molecule has 2 heterocycles. The van der Waals surface area contributed by atoms with Crippen LogP contribution in [0.5, 0.6) is 11.5 Å². The van der Waals surface area contributed by atoms with Crippen molar-refractivity contribution in [1.29, 1.82) is 0 Å². The van der Waals surface area contributed by atoms with Crippen molar-refractivity contribution in [2.24, 2.45) is 0 Å². The van der Waals surface area contributed by atoms with Gasteiger partial charge in [0.05, 0.1) is 16.1 Å². The predicted molar refractivity (Wildman–Crippen MR) is 89.8 cm³/mol. The second-order valence-corrected chi connectivity index (χ2v) is 5.71. The van der Waals surface area contributed by atoms with Gasteiger partial charge in [0.15, 0.2) is 0 Å². The number of imidazole rings is 1. The minimum atomic E-state index is 0.489. The molecule has 1 N–H and O–H groups in total. The molecule has 7 heteroatoms. The third-order valence-corrected chi connectivity index (χ3v) is 3.83. The van der Waals surface area contributed by atoms with Gasteiger partial charge in [-0.3, -0.25) is 0 Å². The molecule has 0 amide bonds. The number of aromatic nitrogens is 4. The van der Waals surface area contributed by atoms with E-state index in [1.807, 2.05) is 12.3 Å². The first-order valence-corrected chi connectivity index (χ1v) is 7.57. The fourth-order valence-electron chi connectivity index (χ4n) is 2.21. The van der Waals surface area contributed by atoms with Crippen molar-refractivity contribution in [3.05, 3.63) is 64.9 Å². The van der Waals surface area contributed by atoms with Gasteiger partial charge in [0.25, 0.3) is 0 Å². The summed E-state index contributed by atoms with van der Waals surface area (Å²) in [5.41, 5.74) is 1.55. The molecule has 0 radical (unpaired) electrons.